The molecule has 1 aliphatic rings. The number of carbonyl (C=O) groups is 1. The van der Waals surface area contributed by atoms with Crippen LogP contribution in [-0.4, -0.2) is 11.9 Å². The standard InChI is InChI=1S/C19H17NO2/c1-13(2)15-10-8-14(9-11-15)12-17-19(21)22-18(20-17)16-6-4-3-5-7-16/h3-13H,1-2H3. The van der Waals surface area contributed by atoms with Gasteiger partial charge in [0.25, 0.3) is 0 Å². The Hall–Kier alpha value is -2.68. The number of hydrogen-bond acceptors (Lipinski definition) is 3. The van der Waals surface area contributed by atoms with Gasteiger partial charge in [0, 0.05) is 5.56 Å². The topological polar surface area (TPSA) is 38.7 Å². The van der Waals surface area contributed by atoms with Crippen LogP contribution < -0.4 is 0 Å². The van der Waals surface area contributed by atoms with Crippen molar-refractivity contribution < 1.29 is 9.53 Å². The van der Waals surface area contributed by atoms with E-state index >= 15 is 0 Å². The van der Waals surface area contributed by atoms with Crippen LogP contribution in [0.3, 0.4) is 0 Å². The molecule has 1 heterocycles. The van der Waals surface area contributed by atoms with Crippen molar-refractivity contribution in [3.63, 3.8) is 0 Å². The Kier molecular flexibility index (Phi) is 3.88. The van der Waals surface area contributed by atoms with E-state index in [9.17, 15) is 4.79 Å². The molecule has 22 heavy (non-hydrogen) atoms. The van der Waals surface area contributed by atoms with Gasteiger partial charge in [-0.3, -0.25) is 0 Å². The minimum Gasteiger partial charge on any atom is -0.402 e. The van der Waals surface area contributed by atoms with Gasteiger partial charge >= 0.3 is 5.97 Å². The lowest BCUT2D eigenvalue weighted by atomic mass is 10.0. The van der Waals surface area contributed by atoms with Crippen molar-refractivity contribution >= 4 is 17.9 Å². The Balaban J connectivity index is 1.87. The Morgan fingerprint density at radius 2 is 1.68 bits per heavy atom. The first kappa shape index (κ1) is 14.3. The van der Waals surface area contributed by atoms with E-state index in [1.165, 1.54) is 5.56 Å². The lowest BCUT2D eigenvalue weighted by molar-refractivity contribution is -0.129. The van der Waals surface area contributed by atoms with Crippen molar-refractivity contribution in [2.45, 2.75) is 19.8 Å². The number of benzene rings is 2. The Bertz CT molecular complexity index is 741. The summed E-state index contributed by atoms with van der Waals surface area (Å²) in [5.74, 6) is 0.434. The van der Waals surface area contributed by atoms with Crippen LogP contribution in [-0.2, 0) is 9.53 Å². The van der Waals surface area contributed by atoms with Crippen LogP contribution in [0.2, 0.25) is 0 Å². The molecule has 0 aliphatic carbocycles. The van der Waals surface area contributed by atoms with Crippen molar-refractivity contribution in [3.05, 3.63) is 77.0 Å². The average molecular weight is 291 g/mol. The summed E-state index contributed by atoms with van der Waals surface area (Å²) >= 11 is 0. The first-order chi connectivity index (χ1) is 10.6. The number of hydrogen-bond donors (Lipinski definition) is 0. The van der Waals surface area contributed by atoms with Crippen LogP contribution in [0, 0.1) is 0 Å². The molecular weight excluding hydrogens is 274 g/mol. The van der Waals surface area contributed by atoms with E-state index in [-0.39, 0.29) is 0 Å². The highest BCUT2D eigenvalue weighted by molar-refractivity contribution is 6.12. The molecule has 0 fully saturated rings. The number of nitrogens with zero attached hydrogens (tertiary/aromatic N) is 1. The van der Waals surface area contributed by atoms with Crippen LogP contribution in [0.15, 0.2) is 65.3 Å². The van der Waals surface area contributed by atoms with Gasteiger partial charge in [0.15, 0.2) is 5.70 Å². The molecule has 3 heteroatoms. The van der Waals surface area contributed by atoms with Crippen LogP contribution in [0.4, 0.5) is 0 Å². The molecule has 1 aliphatic heterocycles. The van der Waals surface area contributed by atoms with E-state index < -0.39 is 5.97 Å². The maximum absolute atomic E-state index is 11.9. The van der Waals surface area contributed by atoms with E-state index in [0.29, 0.717) is 17.5 Å². The fraction of sp³-hybridized carbons (Fsp3) is 0.158. The molecule has 0 amide bonds. The summed E-state index contributed by atoms with van der Waals surface area (Å²) in [4.78, 5) is 16.2. The highest BCUT2D eigenvalue weighted by atomic mass is 16.6. The van der Waals surface area contributed by atoms with Crippen molar-refractivity contribution in [2.24, 2.45) is 4.99 Å². The van der Waals surface area contributed by atoms with Gasteiger partial charge in [-0.25, -0.2) is 9.79 Å². The third kappa shape index (κ3) is 2.98. The molecule has 0 radical (unpaired) electrons. The van der Waals surface area contributed by atoms with E-state index in [0.717, 1.165) is 11.1 Å². The quantitative estimate of drug-likeness (QED) is 0.629. The first-order valence-corrected chi connectivity index (χ1v) is 7.31. The van der Waals surface area contributed by atoms with Crippen molar-refractivity contribution in [3.8, 4) is 0 Å². The summed E-state index contributed by atoms with van der Waals surface area (Å²) in [5.41, 5.74) is 3.34. The molecule has 0 bridgehead atoms. The minimum atomic E-state index is -0.410. The summed E-state index contributed by atoms with van der Waals surface area (Å²) < 4.78 is 5.24. The Morgan fingerprint density at radius 3 is 2.32 bits per heavy atom. The molecule has 0 unspecified atom stereocenters. The van der Waals surface area contributed by atoms with Crippen LogP contribution in [0.25, 0.3) is 6.08 Å². The molecule has 0 saturated heterocycles. The second-order valence-corrected chi connectivity index (χ2v) is 5.52. The molecule has 0 saturated carbocycles. The molecule has 2 aromatic rings. The summed E-state index contributed by atoms with van der Waals surface area (Å²) in [7, 11) is 0. The third-order valence-electron chi connectivity index (χ3n) is 3.55. The zero-order valence-corrected chi connectivity index (χ0v) is 12.6. The number of ether oxygens (including phenoxy) is 1. The summed E-state index contributed by atoms with van der Waals surface area (Å²) in [6.07, 6.45) is 1.75. The molecule has 2 aromatic carbocycles. The number of rotatable bonds is 3. The molecule has 0 aromatic heterocycles. The van der Waals surface area contributed by atoms with Gasteiger partial charge in [0.2, 0.25) is 5.90 Å². The van der Waals surface area contributed by atoms with Crippen molar-refractivity contribution in [1.29, 1.82) is 0 Å². The van der Waals surface area contributed by atoms with Gasteiger partial charge in [0.1, 0.15) is 0 Å². The van der Waals surface area contributed by atoms with Crippen LogP contribution in [0.1, 0.15) is 36.5 Å². The maximum Gasteiger partial charge on any atom is 0.363 e. The normalized spacial score (nSPS) is 16.0. The fourth-order valence-corrected chi connectivity index (χ4v) is 2.25. The Labute approximate surface area is 130 Å². The molecule has 0 atom stereocenters. The maximum atomic E-state index is 11.9. The van der Waals surface area contributed by atoms with Gasteiger partial charge in [-0.15, -0.1) is 0 Å². The fourth-order valence-electron chi connectivity index (χ4n) is 2.25. The van der Waals surface area contributed by atoms with E-state index in [1.807, 2.05) is 42.5 Å². The number of cyclic esters (lactones) is 1. The SMILES string of the molecule is CC(C)c1ccc(C=C2N=C(c3ccccc3)OC2=O)cc1. The minimum absolute atomic E-state index is 0.330. The largest absolute Gasteiger partial charge is 0.402 e. The van der Waals surface area contributed by atoms with Gasteiger partial charge in [-0.2, -0.15) is 0 Å². The lowest BCUT2D eigenvalue weighted by Crippen LogP contribution is -2.04. The van der Waals surface area contributed by atoms with Gasteiger partial charge < -0.3 is 4.74 Å². The third-order valence-corrected chi connectivity index (χ3v) is 3.55. The van der Waals surface area contributed by atoms with Gasteiger partial charge in [0.05, 0.1) is 0 Å². The summed E-state index contributed by atoms with van der Waals surface area (Å²) in [5, 5.41) is 0. The van der Waals surface area contributed by atoms with E-state index in [1.54, 1.807) is 6.08 Å². The van der Waals surface area contributed by atoms with Crippen molar-refractivity contribution in [1.82, 2.24) is 0 Å². The number of aliphatic imine (C=N–C) groups is 1. The molecule has 110 valence electrons. The summed E-state index contributed by atoms with van der Waals surface area (Å²) in [6, 6.07) is 17.5. The number of esters is 1. The van der Waals surface area contributed by atoms with E-state index in [4.69, 9.17) is 4.74 Å². The monoisotopic (exact) mass is 291 g/mol. The second kappa shape index (κ2) is 5.98. The average Bonchev–Trinajstić information content (AvgIpc) is 2.90. The predicted octanol–water partition coefficient (Wildman–Crippen LogP) is 4.15. The molecule has 3 nitrogen and oxygen atoms in total. The van der Waals surface area contributed by atoms with Gasteiger partial charge in [-0.1, -0.05) is 56.3 Å². The predicted molar refractivity (Wildman–Crippen MR) is 87.6 cm³/mol. The second-order valence-electron chi connectivity index (χ2n) is 5.52. The zero-order chi connectivity index (χ0) is 15.5. The first-order valence-electron chi connectivity index (χ1n) is 7.31. The zero-order valence-electron chi connectivity index (χ0n) is 12.6. The van der Waals surface area contributed by atoms with Crippen molar-refractivity contribution in [2.75, 3.05) is 0 Å². The van der Waals surface area contributed by atoms with Crippen LogP contribution in [0.5, 0.6) is 0 Å². The summed E-state index contributed by atoms with van der Waals surface area (Å²) in [6.45, 7) is 4.30. The molecular formula is C19H17NO2. The molecule has 0 spiro atoms. The highest BCUT2D eigenvalue weighted by Gasteiger charge is 2.23. The van der Waals surface area contributed by atoms with Gasteiger partial charge in [-0.05, 0) is 35.3 Å². The smallest absolute Gasteiger partial charge is 0.363 e. The molecule has 3 rings (SSSR count). The number of carbonyl (C=O) groups excluding carboxylic acids is 1. The Morgan fingerprint density at radius 1 is 1.00 bits per heavy atom. The molecule has 0 N–H and O–H groups in total. The van der Waals surface area contributed by atoms with E-state index in [2.05, 4.69) is 31.0 Å². The highest BCUT2D eigenvalue weighted by Crippen LogP contribution is 2.20. The van der Waals surface area contributed by atoms with Crippen LogP contribution >= 0.6 is 0 Å². The lowest BCUT2D eigenvalue weighted by Gasteiger charge is -2.04.